The summed E-state index contributed by atoms with van der Waals surface area (Å²) in [5.74, 6) is 1.67. The first-order chi connectivity index (χ1) is 16.6. The molecule has 0 aliphatic rings. The van der Waals surface area contributed by atoms with E-state index in [0.29, 0.717) is 0 Å². The summed E-state index contributed by atoms with van der Waals surface area (Å²) in [7, 11) is 3.38. The summed E-state index contributed by atoms with van der Waals surface area (Å²) in [6, 6.07) is 34.1. The van der Waals surface area contributed by atoms with E-state index < -0.39 is 0 Å². The number of nitrogens with zero attached hydrogens (tertiary/aromatic N) is 1. The van der Waals surface area contributed by atoms with Crippen LogP contribution in [-0.4, -0.2) is 14.2 Å². The maximum absolute atomic E-state index is 5.39. The van der Waals surface area contributed by atoms with Gasteiger partial charge in [-0.1, -0.05) is 40.2 Å². The van der Waals surface area contributed by atoms with E-state index in [4.69, 9.17) is 9.47 Å². The standard InChI is InChI=1S/C30H22BrNO2/c1-33-27-11-7-24(8-12-27)32(25-9-13-28(34-2)14-10-25)26-17-21-5-3-19-15-23(31)16-20-4-6-22(18-26)30(21)29(19)20/h3-18H,1-2H3. The van der Waals surface area contributed by atoms with Crippen molar-refractivity contribution in [2.45, 2.75) is 0 Å². The quantitative estimate of drug-likeness (QED) is 0.217. The summed E-state index contributed by atoms with van der Waals surface area (Å²) < 4.78 is 11.9. The van der Waals surface area contributed by atoms with E-state index in [-0.39, 0.29) is 0 Å². The Hall–Kier alpha value is -3.76. The van der Waals surface area contributed by atoms with Crippen molar-refractivity contribution in [2.24, 2.45) is 0 Å². The average molecular weight is 508 g/mol. The van der Waals surface area contributed by atoms with E-state index in [1.54, 1.807) is 14.2 Å². The summed E-state index contributed by atoms with van der Waals surface area (Å²) in [5.41, 5.74) is 3.22. The van der Waals surface area contributed by atoms with E-state index in [0.717, 1.165) is 33.0 Å². The van der Waals surface area contributed by atoms with E-state index >= 15 is 0 Å². The number of halogens is 1. The Morgan fingerprint density at radius 2 is 0.882 bits per heavy atom. The van der Waals surface area contributed by atoms with Gasteiger partial charge in [0.15, 0.2) is 0 Å². The highest BCUT2D eigenvalue weighted by Crippen LogP contribution is 2.42. The molecule has 0 saturated heterocycles. The number of hydrogen-bond acceptors (Lipinski definition) is 3. The Morgan fingerprint density at radius 3 is 1.26 bits per heavy atom. The summed E-state index contributed by atoms with van der Waals surface area (Å²) in [6.07, 6.45) is 0. The van der Waals surface area contributed by atoms with Gasteiger partial charge in [0.25, 0.3) is 0 Å². The first-order valence-corrected chi connectivity index (χ1v) is 11.9. The van der Waals surface area contributed by atoms with Gasteiger partial charge in [0.05, 0.1) is 14.2 Å². The molecule has 0 unspecified atom stereocenters. The summed E-state index contributed by atoms with van der Waals surface area (Å²) in [5, 5.41) is 7.55. The average Bonchev–Trinajstić information content (AvgIpc) is 2.88. The molecule has 0 N–H and O–H groups in total. The molecule has 0 aliphatic carbocycles. The fraction of sp³-hybridized carbons (Fsp3) is 0.0667. The number of benzene rings is 6. The Bertz CT molecular complexity index is 1510. The maximum atomic E-state index is 5.39. The van der Waals surface area contributed by atoms with Gasteiger partial charge in [-0.05, 0) is 105 Å². The van der Waals surface area contributed by atoms with E-state index in [2.05, 4.69) is 93.6 Å². The van der Waals surface area contributed by atoms with Crippen molar-refractivity contribution < 1.29 is 9.47 Å². The summed E-state index contributed by atoms with van der Waals surface area (Å²) >= 11 is 3.65. The lowest BCUT2D eigenvalue weighted by atomic mass is 9.93. The Kier molecular flexibility index (Phi) is 5.04. The molecular weight excluding hydrogens is 486 g/mol. The van der Waals surface area contributed by atoms with Crippen LogP contribution in [0, 0.1) is 0 Å². The lowest BCUT2D eigenvalue weighted by Crippen LogP contribution is -2.10. The molecule has 0 aromatic heterocycles. The SMILES string of the molecule is COc1ccc(N(c2ccc(OC)cc2)c2cc3ccc4cc(Br)cc5ccc(c2)c3c45)cc1. The molecule has 0 atom stereocenters. The molecular formula is C30H22BrNO2. The van der Waals surface area contributed by atoms with Crippen LogP contribution in [0.1, 0.15) is 0 Å². The first-order valence-electron chi connectivity index (χ1n) is 11.1. The normalized spacial score (nSPS) is 11.4. The van der Waals surface area contributed by atoms with Crippen molar-refractivity contribution in [3.05, 3.63) is 102 Å². The smallest absolute Gasteiger partial charge is 0.119 e. The minimum absolute atomic E-state index is 0.833. The highest BCUT2D eigenvalue weighted by molar-refractivity contribution is 9.10. The number of rotatable bonds is 5. The molecule has 6 aromatic rings. The molecule has 0 fully saturated rings. The van der Waals surface area contributed by atoms with E-state index in [1.807, 2.05) is 24.3 Å². The van der Waals surface area contributed by atoms with Gasteiger partial charge in [-0.15, -0.1) is 0 Å². The lowest BCUT2D eigenvalue weighted by Gasteiger charge is -2.27. The van der Waals surface area contributed by atoms with Gasteiger partial charge in [-0.2, -0.15) is 0 Å². The van der Waals surface area contributed by atoms with Crippen LogP contribution in [0.4, 0.5) is 17.1 Å². The number of methoxy groups -OCH3 is 2. The predicted molar refractivity (Wildman–Crippen MR) is 146 cm³/mol. The van der Waals surface area contributed by atoms with Gasteiger partial charge < -0.3 is 14.4 Å². The number of ether oxygens (including phenoxy) is 2. The van der Waals surface area contributed by atoms with Crippen LogP contribution in [0.15, 0.2) is 102 Å². The van der Waals surface area contributed by atoms with Crippen molar-refractivity contribution in [3.63, 3.8) is 0 Å². The molecule has 0 spiro atoms. The van der Waals surface area contributed by atoms with Crippen LogP contribution in [0.2, 0.25) is 0 Å². The van der Waals surface area contributed by atoms with Gasteiger partial charge in [-0.3, -0.25) is 0 Å². The van der Waals surface area contributed by atoms with Crippen molar-refractivity contribution >= 4 is 65.3 Å². The van der Waals surface area contributed by atoms with Gasteiger partial charge in [0, 0.05) is 21.5 Å². The number of hydrogen-bond donors (Lipinski definition) is 0. The molecule has 166 valence electrons. The van der Waals surface area contributed by atoms with Crippen LogP contribution in [0.5, 0.6) is 11.5 Å². The Morgan fingerprint density at radius 1 is 0.500 bits per heavy atom. The van der Waals surface area contributed by atoms with Crippen LogP contribution in [0.25, 0.3) is 32.3 Å². The predicted octanol–water partition coefficient (Wildman–Crippen LogP) is 8.83. The molecule has 0 bridgehead atoms. The topological polar surface area (TPSA) is 21.7 Å². The van der Waals surface area contributed by atoms with E-state index in [1.165, 1.54) is 32.3 Å². The Labute approximate surface area is 206 Å². The molecule has 0 heterocycles. The largest absolute Gasteiger partial charge is 0.497 e. The van der Waals surface area contributed by atoms with E-state index in [9.17, 15) is 0 Å². The zero-order valence-electron chi connectivity index (χ0n) is 18.9. The molecule has 0 radical (unpaired) electrons. The van der Waals surface area contributed by atoms with Crippen molar-refractivity contribution in [1.82, 2.24) is 0 Å². The molecule has 4 heteroatoms. The summed E-state index contributed by atoms with van der Waals surface area (Å²) in [6.45, 7) is 0. The van der Waals surface area contributed by atoms with Gasteiger partial charge in [0.2, 0.25) is 0 Å². The fourth-order valence-corrected chi connectivity index (χ4v) is 5.32. The monoisotopic (exact) mass is 507 g/mol. The second-order valence-electron chi connectivity index (χ2n) is 8.36. The molecule has 3 nitrogen and oxygen atoms in total. The minimum Gasteiger partial charge on any atom is -0.497 e. The maximum Gasteiger partial charge on any atom is 0.119 e. The third-order valence-electron chi connectivity index (χ3n) is 6.40. The van der Waals surface area contributed by atoms with Crippen LogP contribution in [0.3, 0.4) is 0 Å². The lowest BCUT2D eigenvalue weighted by molar-refractivity contribution is 0.415. The molecule has 6 rings (SSSR count). The first kappa shape index (κ1) is 20.8. The third-order valence-corrected chi connectivity index (χ3v) is 6.86. The highest BCUT2D eigenvalue weighted by Gasteiger charge is 2.16. The molecule has 0 amide bonds. The molecule has 0 saturated carbocycles. The molecule has 34 heavy (non-hydrogen) atoms. The minimum atomic E-state index is 0.833. The second-order valence-corrected chi connectivity index (χ2v) is 9.27. The summed E-state index contributed by atoms with van der Waals surface area (Å²) in [4.78, 5) is 2.27. The Balaban J connectivity index is 1.59. The van der Waals surface area contributed by atoms with Gasteiger partial charge in [-0.25, -0.2) is 0 Å². The highest BCUT2D eigenvalue weighted by atomic mass is 79.9. The van der Waals surface area contributed by atoms with Crippen molar-refractivity contribution in [1.29, 1.82) is 0 Å². The fourth-order valence-electron chi connectivity index (χ4n) is 4.82. The second kappa shape index (κ2) is 8.23. The van der Waals surface area contributed by atoms with Crippen molar-refractivity contribution in [2.75, 3.05) is 19.1 Å². The zero-order chi connectivity index (χ0) is 23.2. The van der Waals surface area contributed by atoms with Crippen LogP contribution >= 0.6 is 15.9 Å². The van der Waals surface area contributed by atoms with Gasteiger partial charge in [0.1, 0.15) is 11.5 Å². The zero-order valence-corrected chi connectivity index (χ0v) is 20.5. The number of anilines is 3. The molecule has 0 aliphatic heterocycles. The van der Waals surface area contributed by atoms with Crippen LogP contribution < -0.4 is 14.4 Å². The van der Waals surface area contributed by atoms with Crippen LogP contribution in [-0.2, 0) is 0 Å². The van der Waals surface area contributed by atoms with Gasteiger partial charge >= 0.3 is 0 Å². The molecule has 6 aromatic carbocycles. The third kappa shape index (κ3) is 3.42. The van der Waals surface area contributed by atoms with Crippen molar-refractivity contribution in [3.8, 4) is 11.5 Å².